The number of hydrogen-bond donors (Lipinski definition) is 1. The molecule has 2 aliphatic heterocycles. The largest absolute Gasteiger partial charge is 0.507 e. The second-order valence-corrected chi connectivity index (χ2v) is 12.4. The lowest BCUT2D eigenvalue weighted by atomic mass is 9.96. The first-order valence-electron chi connectivity index (χ1n) is 15.1. The van der Waals surface area contributed by atoms with E-state index in [2.05, 4.69) is 16.5 Å². The van der Waals surface area contributed by atoms with E-state index in [-0.39, 0.29) is 71.5 Å². The fourth-order valence-corrected chi connectivity index (χ4v) is 6.59. The Morgan fingerprint density at radius 3 is 2.33 bits per heavy atom. The molecule has 12 heteroatoms. The van der Waals surface area contributed by atoms with Crippen molar-refractivity contribution in [3.8, 4) is 28.3 Å². The van der Waals surface area contributed by atoms with Crippen molar-refractivity contribution < 1.29 is 27.8 Å². The Hall–Kier alpha value is -4.87. The minimum Gasteiger partial charge on any atom is -0.507 e. The van der Waals surface area contributed by atoms with E-state index in [1.165, 1.54) is 18.5 Å². The average Bonchev–Trinajstić information content (AvgIpc) is 3.01. The molecule has 0 aliphatic carbocycles. The Morgan fingerprint density at radius 1 is 1.04 bits per heavy atom. The van der Waals surface area contributed by atoms with Crippen LogP contribution in [0.1, 0.15) is 57.8 Å². The maximum atomic E-state index is 17.2. The van der Waals surface area contributed by atoms with Crippen molar-refractivity contribution in [2.24, 2.45) is 0 Å². The first kappa shape index (κ1) is 31.1. The van der Waals surface area contributed by atoms with E-state index in [4.69, 9.17) is 4.74 Å². The molecule has 4 aromatic rings. The molecule has 2 atom stereocenters. The maximum absolute atomic E-state index is 17.2. The molecule has 2 unspecified atom stereocenters. The number of pyridine rings is 1. The first-order valence-corrected chi connectivity index (χ1v) is 15.1. The molecule has 1 amide bonds. The maximum Gasteiger partial charge on any atom is 0.300 e. The van der Waals surface area contributed by atoms with Gasteiger partial charge in [-0.15, -0.1) is 0 Å². The van der Waals surface area contributed by atoms with Gasteiger partial charge in [-0.1, -0.05) is 40.3 Å². The van der Waals surface area contributed by atoms with Crippen LogP contribution in [0.3, 0.4) is 0 Å². The Bertz CT molecular complexity index is 1930. The summed E-state index contributed by atoms with van der Waals surface area (Å²) in [6, 6.07) is 3.60. The lowest BCUT2D eigenvalue weighted by molar-refractivity contribution is -0.129. The van der Waals surface area contributed by atoms with Gasteiger partial charge in [0.25, 0.3) is 5.56 Å². The van der Waals surface area contributed by atoms with Crippen LogP contribution in [0, 0.1) is 17.5 Å². The van der Waals surface area contributed by atoms with E-state index in [9.17, 15) is 14.7 Å². The van der Waals surface area contributed by atoms with Crippen LogP contribution in [-0.4, -0.2) is 62.2 Å². The van der Waals surface area contributed by atoms with Crippen molar-refractivity contribution in [2.75, 3.05) is 24.6 Å². The summed E-state index contributed by atoms with van der Waals surface area (Å²) in [6.07, 6.45) is 2.61. The fourth-order valence-electron chi connectivity index (χ4n) is 6.59. The summed E-state index contributed by atoms with van der Waals surface area (Å²) in [5, 5.41) is 10.6. The predicted octanol–water partition coefficient (Wildman–Crippen LogP) is 5.80. The average molecular weight is 634 g/mol. The number of benzene rings is 2. The van der Waals surface area contributed by atoms with Crippen LogP contribution in [-0.2, 0) is 4.79 Å². The minimum absolute atomic E-state index is 0.00200. The van der Waals surface area contributed by atoms with Crippen molar-refractivity contribution in [3.63, 3.8) is 0 Å². The summed E-state index contributed by atoms with van der Waals surface area (Å²) in [6.45, 7) is 13.4. The Labute approximate surface area is 263 Å². The molecule has 6 rings (SSSR count). The number of phenols is 1. The minimum atomic E-state index is -1.25. The van der Waals surface area contributed by atoms with Gasteiger partial charge in [0.15, 0.2) is 5.82 Å². The lowest BCUT2D eigenvalue weighted by Gasteiger charge is -2.48. The molecule has 2 aromatic carbocycles. The monoisotopic (exact) mass is 633 g/mol. The second kappa shape index (κ2) is 11.5. The van der Waals surface area contributed by atoms with Gasteiger partial charge in [-0.3, -0.25) is 14.2 Å². The number of amides is 1. The van der Waals surface area contributed by atoms with Crippen molar-refractivity contribution in [1.29, 1.82) is 0 Å². The van der Waals surface area contributed by atoms with Gasteiger partial charge in [0.2, 0.25) is 11.7 Å². The number of halogens is 3. The molecule has 1 saturated heterocycles. The normalized spacial score (nSPS) is 17.7. The van der Waals surface area contributed by atoms with Crippen molar-refractivity contribution in [2.45, 2.75) is 58.5 Å². The number of phenolic OH excluding ortho intramolecular Hbond substituents is 1. The van der Waals surface area contributed by atoms with Crippen LogP contribution in [0.4, 0.5) is 18.9 Å². The van der Waals surface area contributed by atoms with E-state index in [0.717, 1.165) is 22.8 Å². The Balaban J connectivity index is 1.77. The van der Waals surface area contributed by atoms with E-state index in [1.54, 1.807) is 4.90 Å². The Morgan fingerprint density at radius 2 is 1.72 bits per heavy atom. The standard InChI is InChI=1S/C34H34F3N5O4/c1-7-24(44)40-13-19-14-46-33-31(41(19)12-18(40)6)20-11-22(36)26(25-21(35)9-8-10-23(25)43)27(37)30(20)42(34(33)45)32-28(16(2)3)38-15-39-29(32)17(4)5/h7-11,15-19,43H,1,12-14H2,2-6H3. The van der Waals surface area contributed by atoms with Gasteiger partial charge in [0.1, 0.15) is 30.3 Å². The van der Waals surface area contributed by atoms with Gasteiger partial charge in [0, 0.05) is 24.5 Å². The zero-order valence-electron chi connectivity index (χ0n) is 26.1. The number of anilines is 1. The van der Waals surface area contributed by atoms with E-state index in [1.807, 2.05) is 39.5 Å². The number of carbonyl (C=O) groups excluding carboxylic acids is 1. The first-order chi connectivity index (χ1) is 21.9. The SMILES string of the molecule is C=CC(=O)N1CC2COc3c(c4cc(F)c(-c5c(O)cccc5F)c(F)c4n(-c4c(C(C)C)ncnc4C(C)C)c3=O)N2CC1C. The summed E-state index contributed by atoms with van der Waals surface area (Å²) < 4.78 is 55.8. The number of piperazine rings is 1. The number of nitrogens with zero attached hydrogens (tertiary/aromatic N) is 5. The summed E-state index contributed by atoms with van der Waals surface area (Å²) in [5.74, 6) is -4.98. The molecular formula is C34H34F3N5O4. The molecule has 2 aromatic heterocycles. The van der Waals surface area contributed by atoms with Crippen LogP contribution >= 0.6 is 0 Å². The number of ether oxygens (including phenoxy) is 1. The van der Waals surface area contributed by atoms with E-state index < -0.39 is 45.9 Å². The molecule has 4 heterocycles. The molecule has 240 valence electrons. The molecule has 0 radical (unpaired) electrons. The zero-order chi connectivity index (χ0) is 33.2. The van der Waals surface area contributed by atoms with Crippen LogP contribution in [0.2, 0.25) is 0 Å². The highest BCUT2D eigenvalue weighted by atomic mass is 19.1. The predicted molar refractivity (Wildman–Crippen MR) is 168 cm³/mol. The summed E-state index contributed by atoms with van der Waals surface area (Å²) >= 11 is 0. The van der Waals surface area contributed by atoms with Crippen LogP contribution in [0.5, 0.6) is 11.5 Å². The van der Waals surface area contributed by atoms with Gasteiger partial charge in [0.05, 0.1) is 45.4 Å². The van der Waals surface area contributed by atoms with Gasteiger partial charge >= 0.3 is 0 Å². The fraction of sp³-hybridized carbons (Fsp3) is 0.353. The van der Waals surface area contributed by atoms with Gasteiger partial charge < -0.3 is 19.6 Å². The molecular weight excluding hydrogens is 599 g/mol. The number of rotatable bonds is 5. The summed E-state index contributed by atoms with van der Waals surface area (Å²) in [5.41, 5.74) is -1.30. The van der Waals surface area contributed by atoms with E-state index in [0.29, 0.717) is 11.4 Å². The van der Waals surface area contributed by atoms with Crippen molar-refractivity contribution in [3.05, 3.63) is 82.4 Å². The number of aromatic nitrogens is 3. The number of hydrogen-bond acceptors (Lipinski definition) is 7. The molecule has 9 nitrogen and oxygen atoms in total. The third-order valence-corrected chi connectivity index (χ3v) is 8.73. The van der Waals surface area contributed by atoms with Gasteiger partial charge in [-0.2, -0.15) is 0 Å². The third kappa shape index (κ3) is 4.69. The quantitative estimate of drug-likeness (QED) is 0.277. The topological polar surface area (TPSA) is 101 Å². The molecule has 0 saturated carbocycles. The smallest absolute Gasteiger partial charge is 0.300 e. The molecule has 46 heavy (non-hydrogen) atoms. The summed E-state index contributed by atoms with van der Waals surface area (Å²) in [4.78, 5) is 39.7. The second-order valence-electron chi connectivity index (χ2n) is 12.4. The van der Waals surface area contributed by atoms with Gasteiger partial charge in [-0.05, 0) is 43.0 Å². The molecule has 2 aliphatic rings. The number of aromatic hydroxyl groups is 1. The zero-order valence-corrected chi connectivity index (χ0v) is 26.1. The van der Waals surface area contributed by atoms with Crippen molar-refractivity contribution in [1.82, 2.24) is 19.4 Å². The molecule has 1 fully saturated rings. The number of fused-ring (bicyclic) bond motifs is 5. The number of carbonyl (C=O) groups is 1. The van der Waals surface area contributed by atoms with Crippen LogP contribution in [0.25, 0.3) is 27.7 Å². The molecule has 0 spiro atoms. The lowest BCUT2D eigenvalue weighted by Crippen LogP contribution is -2.62. The van der Waals surface area contributed by atoms with Gasteiger partial charge in [-0.25, -0.2) is 23.1 Å². The highest BCUT2D eigenvalue weighted by Gasteiger charge is 2.41. The highest BCUT2D eigenvalue weighted by Crippen LogP contribution is 2.46. The highest BCUT2D eigenvalue weighted by molar-refractivity contribution is 6.00. The van der Waals surface area contributed by atoms with Crippen LogP contribution < -0.4 is 15.2 Å². The Kier molecular flexibility index (Phi) is 7.77. The van der Waals surface area contributed by atoms with Crippen LogP contribution in [0.15, 0.2) is 48.0 Å². The van der Waals surface area contributed by atoms with E-state index >= 15 is 13.2 Å². The third-order valence-electron chi connectivity index (χ3n) is 8.73. The molecule has 0 bridgehead atoms. The molecule has 1 N–H and O–H groups in total. The van der Waals surface area contributed by atoms with Crippen molar-refractivity contribution >= 4 is 22.5 Å². The summed E-state index contributed by atoms with van der Waals surface area (Å²) in [7, 11) is 0.